The summed E-state index contributed by atoms with van der Waals surface area (Å²) in [6.45, 7) is 1.64. The lowest BCUT2D eigenvalue weighted by atomic mass is 10.1. The van der Waals surface area contributed by atoms with Gasteiger partial charge < -0.3 is 24.7 Å². The molecular weight excluding hydrogens is 368 g/mol. The fourth-order valence-corrected chi connectivity index (χ4v) is 3.76. The Hall–Kier alpha value is -3.48. The zero-order chi connectivity index (χ0) is 19.6. The first kappa shape index (κ1) is 17.6. The predicted octanol–water partition coefficient (Wildman–Crippen LogP) is 3.94. The Morgan fingerprint density at radius 2 is 2.00 bits per heavy atom. The van der Waals surface area contributed by atoms with Crippen molar-refractivity contribution in [1.82, 2.24) is 14.9 Å². The topological polar surface area (TPSA) is 77.4 Å². The monoisotopic (exact) mass is 390 g/mol. The van der Waals surface area contributed by atoms with Gasteiger partial charge in [0.1, 0.15) is 5.82 Å². The summed E-state index contributed by atoms with van der Waals surface area (Å²) < 4.78 is 12.9. The number of hydrogen-bond acceptors (Lipinski definition) is 4. The highest BCUT2D eigenvalue weighted by Gasteiger charge is 2.16. The van der Waals surface area contributed by atoms with E-state index in [1.165, 1.54) is 12.8 Å². The van der Waals surface area contributed by atoms with Gasteiger partial charge in [-0.1, -0.05) is 24.3 Å². The van der Waals surface area contributed by atoms with Crippen molar-refractivity contribution in [3.63, 3.8) is 0 Å². The van der Waals surface area contributed by atoms with Crippen molar-refractivity contribution in [2.24, 2.45) is 0 Å². The number of amides is 2. The molecule has 0 spiro atoms. The molecule has 148 valence electrons. The number of urea groups is 1. The fourth-order valence-electron chi connectivity index (χ4n) is 3.76. The number of nitrogens with one attached hydrogen (secondary N) is 2. The minimum atomic E-state index is -0.265. The number of ether oxygens (including phenoxy) is 2. The van der Waals surface area contributed by atoms with Gasteiger partial charge in [-0.15, -0.1) is 0 Å². The van der Waals surface area contributed by atoms with Gasteiger partial charge in [0.2, 0.25) is 6.79 Å². The smallest absolute Gasteiger partial charge is 0.319 e. The SMILES string of the molecule is O=C(NCc1ccc2c(c1)OCO2)Nc1ccccc1-c1cn2c(n1)CCCC2. The Morgan fingerprint density at radius 1 is 1.10 bits per heavy atom. The second kappa shape index (κ2) is 7.50. The average molecular weight is 390 g/mol. The molecule has 2 N–H and O–H groups in total. The minimum absolute atomic E-state index is 0.237. The van der Waals surface area contributed by atoms with Crippen molar-refractivity contribution in [3.8, 4) is 22.8 Å². The molecule has 3 aromatic rings. The van der Waals surface area contributed by atoms with Gasteiger partial charge in [0.05, 0.1) is 11.4 Å². The van der Waals surface area contributed by atoms with Gasteiger partial charge in [0, 0.05) is 31.3 Å². The number of aryl methyl sites for hydroxylation is 2. The number of para-hydroxylation sites is 1. The number of carbonyl (C=O) groups excluding carboxylic acids is 1. The molecule has 0 aliphatic carbocycles. The van der Waals surface area contributed by atoms with Crippen molar-refractivity contribution in [1.29, 1.82) is 0 Å². The molecule has 0 saturated heterocycles. The molecule has 0 unspecified atom stereocenters. The first-order valence-electron chi connectivity index (χ1n) is 9.85. The Balaban J connectivity index is 1.28. The number of benzene rings is 2. The number of aromatic nitrogens is 2. The molecule has 5 rings (SSSR count). The number of hydrogen-bond donors (Lipinski definition) is 2. The van der Waals surface area contributed by atoms with Crippen LogP contribution in [-0.4, -0.2) is 22.4 Å². The molecule has 0 saturated carbocycles. The Bertz CT molecular complexity index is 1040. The van der Waals surface area contributed by atoms with Crippen LogP contribution in [0.1, 0.15) is 24.2 Å². The summed E-state index contributed by atoms with van der Waals surface area (Å²) in [5.74, 6) is 2.56. The van der Waals surface area contributed by atoms with Gasteiger partial charge >= 0.3 is 6.03 Å². The molecule has 7 nitrogen and oxygen atoms in total. The normalized spacial score (nSPS) is 14.3. The van der Waals surface area contributed by atoms with Gasteiger partial charge in [-0.25, -0.2) is 9.78 Å². The van der Waals surface area contributed by atoms with Crippen LogP contribution in [0.4, 0.5) is 10.5 Å². The number of nitrogens with zero attached hydrogens (tertiary/aromatic N) is 2. The summed E-state index contributed by atoms with van der Waals surface area (Å²) in [6.07, 6.45) is 5.45. The maximum absolute atomic E-state index is 12.5. The molecule has 3 heterocycles. The van der Waals surface area contributed by atoms with Gasteiger partial charge in [0.25, 0.3) is 0 Å². The van der Waals surface area contributed by atoms with Crippen molar-refractivity contribution < 1.29 is 14.3 Å². The van der Waals surface area contributed by atoms with Crippen molar-refractivity contribution in [2.45, 2.75) is 32.4 Å². The van der Waals surface area contributed by atoms with E-state index in [0.29, 0.717) is 12.3 Å². The lowest BCUT2D eigenvalue weighted by Crippen LogP contribution is -2.28. The molecule has 2 aromatic carbocycles. The van der Waals surface area contributed by atoms with Gasteiger partial charge in [0.15, 0.2) is 11.5 Å². The van der Waals surface area contributed by atoms with Crippen LogP contribution in [0.5, 0.6) is 11.5 Å². The quantitative estimate of drug-likeness (QED) is 0.707. The van der Waals surface area contributed by atoms with E-state index < -0.39 is 0 Å². The van der Waals surface area contributed by atoms with Gasteiger partial charge in [-0.05, 0) is 36.6 Å². The molecule has 7 heteroatoms. The second-order valence-corrected chi connectivity index (χ2v) is 7.23. The Labute approximate surface area is 168 Å². The zero-order valence-corrected chi connectivity index (χ0v) is 16.0. The average Bonchev–Trinajstić information content (AvgIpc) is 3.39. The summed E-state index contributed by atoms with van der Waals surface area (Å²) >= 11 is 0. The van der Waals surface area contributed by atoms with Crippen LogP contribution in [0.25, 0.3) is 11.3 Å². The van der Waals surface area contributed by atoms with Crippen LogP contribution in [0.15, 0.2) is 48.7 Å². The Morgan fingerprint density at radius 3 is 2.93 bits per heavy atom. The molecule has 29 heavy (non-hydrogen) atoms. The number of anilines is 1. The van der Waals surface area contributed by atoms with Crippen LogP contribution in [0, 0.1) is 0 Å². The van der Waals surface area contributed by atoms with Crippen LogP contribution in [0.2, 0.25) is 0 Å². The lowest BCUT2D eigenvalue weighted by molar-refractivity contribution is 0.174. The van der Waals surface area contributed by atoms with E-state index in [1.807, 2.05) is 42.5 Å². The van der Waals surface area contributed by atoms with E-state index in [4.69, 9.17) is 14.5 Å². The maximum Gasteiger partial charge on any atom is 0.319 e. The van der Waals surface area contributed by atoms with Crippen LogP contribution < -0.4 is 20.1 Å². The summed E-state index contributed by atoms with van der Waals surface area (Å²) in [7, 11) is 0. The van der Waals surface area contributed by atoms with Crippen LogP contribution in [-0.2, 0) is 19.5 Å². The highest BCUT2D eigenvalue weighted by molar-refractivity contribution is 5.93. The Kier molecular flexibility index (Phi) is 4.56. The third-order valence-electron chi connectivity index (χ3n) is 5.25. The van der Waals surface area contributed by atoms with Crippen molar-refractivity contribution in [3.05, 3.63) is 60.0 Å². The zero-order valence-electron chi connectivity index (χ0n) is 16.0. The lowest BCUT2D eigenvalue weighted by Gasteiger charge is -2.11. The second-order valence-electron chi connectivity index (χ2n) is 7.23. The molecular formula is C22H22N4O3. The van der Waals surface area contributed by atoms with Crippen molar-refractivity contribution in [2.75, 3.05) is 12.1 Å². The molecule has 0 atom stereocenters. The summed E-state index contributed by atoms with van der Waals surface area (Å²) in [5, 5.41) is 5.85. The fraction of sp³-hybridized carbons (Fsp3) is 0.273. The van der Waals surface area contributed by atoms with E-state index in [9.17, 15) is 4.79 Å². The molecule has 0 radical (unpaired) electrons. The van der Waals surface area contributed by atoms with Gasteiger partial charge in [-0.3, -0.25) is 0 Å². The van der Waals surface area contributed by atoms with Crippen molar-refractivity contribution >= 4 is 11.7 Å². The molecule has 0 bridgehead atoms. The largest absolute Gasteiger partial charge is 0.454 e. The summed E-state index contributed by atoms with van der Waals surface area (Å²) in [4.78, 5) is 17.3. The van der Waals surface area contributed by atoms with Crippen LogP contribution >= 0.6 is 0 Å². The first-order valence-corrected chi connectivity index (χ1v) is 9.85. The third kappa shape index (κ3) is 3.63. The summed E-state index contributed by atoms with van der Waals surface area (Å²) in [5.41, 5.74) is 3.51. The van der Waals surface area contributed by atoms with E-state index >= 15 is 0 Å². The highest BCUT2D eigenvalue weighted by Crippen LogP contribution is 2.32. The highest BCUT2D eigenvalue weighted by atomic mass is 16.7. The number of imidazole rings is 1. The molecule has 2 amide bonds. The minimum Gasteiger partial charge on any atom is -0.454 e. The molecule has 1 aromatic heterocycles. The third-order valence-corrected chi connectivity index (χ3v) is 5.25. The standard InChI is InChI=1S/C22H22N4O3/c27-22(23-12-15-8-9-19-20(11-15)29-14-28-19)25-17-6-2-1-5-16(17)18-13-26-10-4-3-7-21(26)24-18/h1-2,5-6,8-9,11,13H,3-4,7,10,12,14H2,(H2,23,25,27). The van der Waals surface area contributed by atoms with E-state index in [2.05, 4.69) is 21.4 Å². The molecule has 2 aliphatic rings. The van der Waals surface area contributed by atoms with Crippen LogP contribution in [0.3, 0.4) is 0 Å². The molecule has 0 fully saturated rings. The summed E-state index contributed by atoms with van der Waals surface area (Å²) in [6, 6.07) is 13.1. The number of rotatable bonds is 4. The van der Waals surface area contributed by atoms with E-state index in [-0.39, 0.29) is 12.8 Å². The number of carbonyl (C=O) groups is 1. The predicted molar refractivity (Wildman–Crippen MR) is 109 cm³/mol. The number of fused-ring (bicyclic) bond motifs is 2. The first-order chi connectivity index (χ1) is 14.3. The van der Waals surface area contributed by atoms with E-state index in [1.54, 1.807) is 0 Å². The molecule has 2 aliphatic heterocycles. The van der Waals surface area contributed by atoms with Gasteiger partial charge in [-0.2, -0.15) is 0 Å². The maximum atomic E-state index is 12.5. The van der Waals surface area contributed by atoms with E-state index in [0.717, 1.165) is 47.0 Å².